The average molecular weight is 483 g/mol. The lowest BCUT2D eigenvalue weighted by molar-refractivity contribution is 0.0466. The zero-order valence-corrected chi connectivity index (χ0v) is 21.0. The summed E-state index contributed by atoms with van der Waals surface area (Å²) in [6.07, 6.45) is 1.10. The normalized spacial score (nSPS) is 21.1. The number of halogens is 1. The van der Waals surface area contributed by atoms with Crippen molar-refractivity contribution in [2.24, 2.45) is 5.92 Å². The van der Waals surface area contributed by atoms with E-state index in [1.807, 2.05) is 26.8 Å². The topological polar surface area (TPSA) is 106 Å². The number of fused-ring (bicyclic) bond motifs is 1. The van der Waals surface area contributed by atoms with E-state index in [9.17, 15) is 14.7 Å². The average Bonchev–Trinajstić information content (AvgIpc) is 3.31. The third-order valence-electron chi connectivity index (χ3n) is 5.52. The summed E-state index contributed by atoms with van der Waals surface area (Å²) in [6, 6.07) is 3.12. The van der Waals surface area contributed by atoms with Gasteiger partial charge in [-0.15, -0.1) is 0 Å². The lowest BCUT2D eigenvalue weighted by Crippen LogP contribution is -2.44. The Bertz CT molecular complexity index is 901. The summed E-state index contributed by atoms with van der Waals surface area (Å²) < 4.78 is 16.8. The minimum atomic E-state index is -0.636. The second-order valence-electron chi connectivity index (χ2n) is 10.9. The molecule has 2 aliphatic carbocycles. The van der Waals surface area contributed by atoms with Gasteiger partial charge in [-0.3, -0.25) is 0 Å². The Labute approximate surface area is 200 Å². The van der Waals surface area contributed by atoms with Crippen molar-refractivity contribution in [3.63, 3.8) is 0 Å². The fourth-order valence-corrected chi connectivity index (χ4v) is 4.13. The molecule has 0 radical (unpaired) electrons. The first kappa shape index (κ1) is 25.4. The van der Waals surface area contributed by atoms with E-state index in [1.165, 1.54) is 0 Å². The van der Waals surface area contributed by atoms with Crippen LogP contribution in [-0.2, 0) is 15.9 Å². The monoisotopic (exact) mass is 482 g/mol. The molecule has 2 aliphatic rings. The molecule has 1 fully saturated rings. The Kier molecular flexibility index (Phi) is 7.10. The standard InChI is InChI=1S/C24H35ClN2O6/c1-22(2,3)32-20(29)26-19-14(12-28)9-16-17(19)10-15(11-18(16)25)31-13-24(7-8-24)27-21(30)33-23(4,5)6/h10-11,14,19,28H,7-9,12-13H2,1-6H3,(H,26,29)(H,27,30)/t14-,19-/m0/s1. The molecule has 0 bridgehead atoms. The third-order valence-corrected chi connectivity index (χ3v) is 5.86. The van der Waals surface area contributed by atoms with Gasteiger partial charge in [-0.05, 0) is 84.1 Å². The van der Waals surface area contributed by atoms with Gasteiger partial charge in [0.15, 0.2) is 0 Å². The molecule has 0 aromatic heterocycles. The molecule has 9 heteroatoms. The quantitative estimate of drug-likeness (QED) is 0.551. The number of hydrogen-bond donors (Lipinski definition) is 3. The van der Waals surface area contributed by atoms with Crippen LogP contribution in [-0.4, -0.2) is 47.2 Å². The number of hydrogen-bond acceptors (Lipinski definition) is 6. The van der Waals surface area contributed by atoms with Gasteiger partial charge in [0, 0.05) is 17.5 Å². The molecule has 0 saturated heterocycles. The molecule has 2 amide bonds. The molecule has 0 aliphatic heterocycles. The summed E-state index contributed by atoms with van der Waals surface area (Å²) >= 11 is 6.53. The number of benzene rings is 1. The van der Waals surface area contributed by atoms with E-state index in [-0.39, 0.29) is 19.1 Å². The van der Waals surface area contributed by atoms with Gasteiger partial charge in [0.25, 0.3) is 0 Å². The van der Waals surface area contributed by atoms with Crippen molar-refractivity contribution in [2.75, 3.05) is 13.2 Å². The smallest absolute Gasteiger partial charge is 0.408 e. The molecule has 33 heavy (non-hydrogen) atoms. The summed E-state index contributed by atoms with van der Waals surface area (Å²) in [5.74, 6) is 0.314. The van der Waals surface area contributed by atoms with E-state index >= 15 is 0 Å². The molecule has 3 rings (SSSR count). The number of amides is 2. The predicted octanol–water partition coefficient (Wildman–Crippen LogP) is 4.51. The number of aliphatic hydroxyl groups excluding tert-OH is 1. The van der Waals surface area contributed by atoms with E-state index in [4.69, 9.17) is 25.8 Å². The van der Waals surface area contributed by atoms with Crippen molar-refractivity contribution in [3.8, 4) is 5.75 Å². The van der Waals surface area contributed by atoms with Gasteiger partial charge in [-0.1, -0.05) is 11.6 Å². The van der Waals surface area contributed by atoms with Crippen molar-refractivity contribution < 1.29 is 28.9 Å². The molecule has 184 valence electrons. The first-order valence-corrected chi connectivity index (χ1v) is 11.6. The molecule has 3 N–H and O–H groups in total. The molecular weight excluding hydrogens is 448 g/mol. The van der Waals surface area contributed by atoms with Crippen LogP contribution in [0.25, 0.3) is 0 Å². The van der Waals surface area contributed by atoms with Crippen molar-refractivity contribution in [1.82, 2.24) is 10.6 Å². The zero-order chi connectivity index (χ0) is 24.6. The van der Waals surface area contributed by atoms with Crippen LogP contribution >= 0.6 is 11.6 Å². The highest BCUT2D eigenvalue weighted by Gasteiger charge is 2.46. The van der Waals surface area contributed by atoms with Crippen molar-refractivity contribution in [1.29, 1.82) is 0 Å². The molecule has 1 aromatic rings. The molecule has 1 aromatic carbocycles. The highest BCUT2D eigenvalue weighted by atomic mass is 35.5. The Morgan fingerprint density at radius 3 is 2.24 bits per heavy atom. The maximum Gasteiger partial charge on any atom is 0.408 e. The summed E-state index contributed by atoms with van der Waals surface area (Å²) in [5, 5.41) is 16.2. The van der Waals surface area contributed by atoms with Gasteiger partial charge in [0.2, 0.25) is 0 Å². The first-order chi connectivity index (χ1) is 15.2. The summed E-state index contributed by atoms with van der Waals surface area (Å²) in [6.45, 7) is 11.0. The molecule has 8 nitrogen and oxygen atoms in total. The number of ether oxygens (including phenoxy) is 3. The van der Waals surface area contributed by atoms with Gasteiger partial charge in [0.05, 0.1) is 11.6 Å². The van der Waals surface area contributed by atoms with Crippen LogP contribution in [0.3, 0.4) is 0 Å². The van der Waals surface area contributed by atoms with E-state index in [0.29, 0.717) is 17.2 Å². The molecule has 0 spiro atoms. The third kappa shape index (κ3) is 6.90. The van der Waals surface area contributed by atoms with Crippen LogP contribution in [0, 0.1) is 5.92 Å². The van der Waals surface area contributed by atoms with Gasteiger partial charge < -0.3 is 30.0 Å². The van der Waals surface area contributed by atoms with E-state index in [1.54, 1.807) is 26.8 Å². The van der Waals surface area contributed by atoms with Gasteiger partial charge in [-0.2, -0.15) is 0 Å². The van der Waals surface area contributed by atoms with Gasteiger partial charge in [0.1, 0.15) is 23.6 Å². The highest BCUT2D eigenvalue weighted by Crippen LogP contribution is 2.43. The number of carbonyl (C=O) groups is 2. The largest absolute Gasteiger partial charge is 0.491 e. The van der Waals surface area contributed by atoms with Crippen LogP contribution in [0.1, 0.15) is 71.6 Å². The van der Waals surface area contributed by atoms with Gasteiger partial charge in [-0.25, -0.2) is 9.59 Å². The Hall–Kier alpha value is -2.19. The first-order valence-electron chi connectivity index (χ1n) is 11.3. The molecule has 0 unspecified atom stereocenters. The Morgan fingerprint density at radius 1 is 1.09 bits per heavy atom. The molecule has 2 atom stereocenters. The lowest BCUT2D eigenvalue weighted by Gasteiger charge is -2.25. The molecule has 0 heterocycles. The van der Waals surface area contributed by atoms with Crippen molar-refractivity contribution >= 4 is 23.8 Å². The lowest BCUT2D eigenvalue weighted by atomic mass is 10.0. The maximum absolute atomic E-state index is 12.4. The summed E-state index contributed by atoms with van der Waals surface area (Å²) in [5.41, 5.74) is -0.00367. The van der Waals surface area contributed by atoms with Crippen molar-refractivity contribution in [3.05, 3.63) is 28.3 Å². The van der Waals surface area contributed by atoms with Crippen LogP contribution < -0.4 is 15.4 Å². The number of rotatable bonds is 6. The second kappa shape index (κ2) is 9.22. The Balaban J connectivity index is 1.71. The Morgan fingerprint density at radius 2 is 1.70 bits per heavy atom. The number of carbonyl (C=O) groups excluding carboxylic acids is 2. The fourth-order valence-electron chi connectivity index (χ4n) is 3.84. The number of nitrogens with one attached hydrogen (secondary N) is 2. The minimum absolute atomic E-state index is 0.107. The molecule has 1 saturated carbocycles. The second-order valence-corrected chi connectivity index (χ2v) is 11.3. The zero-order valence-electron chi connectivity index (χ0n) is 20.2. The minimum Gasteiger partial charge on any atom is -0.491 e. The highest BCUT2D eigenvalue weighted by molar-refractivity contribution is 6.31. The fraction of sp³-hybridized carbons (Fsp3) is 0.667. The maximum atomic E-state index is 12.4. The summed E-state index contributed by atoms with van der Waals surface area (Å²) in [7, 11) is 0. The SMILES string of the molecule is CC(C)(C)OC(=O)N[C@@H]1c2cc(OCC3(NC(=O)OC(C)(C)C)CC3)cc(Cl)c2C[C@H]1CO. The van der Waals surface area contributed by atoms with Gasteiger partial charge >= 0.3 is 12.2 Å². The number of alkyl carbamates (subject to hydrolysis) is 2. The number of aliphatic hydroxyl groups is 1. The van der Waals surface area contributed by atoms with E-state index in [0.717, 1.165) is 24.0 Å². The van der Waals surface area contributed by atoms with Crippen LogP contribution in [0.5, 0.6) is 5.75 Å². The van der Waals surface area contributed by atoms with Crippen LogP contribution in [0.4, 0.5) is 9.59 Å². The predicted molar refractivity (Wildman–Crippen MR) is 125 cm³/mol. The van der Waals surface area contributed by atoms with E-state index in [2.05, 4.69) is 10.6 Å². The van der Waals surface area contributed by atoms with E-state index < -0.39 is 35.0 Å². The van der Waals surface area contributed by atoms with Crippen molar-refractivity contribution in [2.45, 2.75) is 83.6 Å². The summed E-state index contributed by atoms with van der Waals surface area (Å²) in [4.78, 5) is 24.6. The van der Waals surface area contributed by atoms with Crippen LogP contribution in [0.15, 0.2) is 12.1 Å². The molecular formula is C24H35ClN2O6. The van der Waals surface area contributed by atoms with Crippen LogP contribution in [0.2, 0.25) is 5.02 Å².